The predicted molar refractivity (Wildman–Crippen MR) is 44.7 cm³/mol. The third-order valence-electron chi connectivity index (χ3n) is 1.81. The fourth-order valence-corrected chi connectivity index (χ4v) is 1.26. The first kappa shape index (κ1) is 7.62. The molecule has 0 bridgehead atoms. The lowest BCUT2D eigenvalue weighted by atomic mass is 10.1. The van der Waals surface area contributed by atoms with Crippen molar-refractivity contribution in [2.24, 2.45) is 0 Å². The van der Waals surface area contributed by atoms with Crippen LogP contribution in [0.5, 0.6) is 5.75 Å². The fourth-order valence-electron chi connectivity index (χ4n) is 1.26. The van der Waals surface area contributed by atoms with Gasteiger partial charge in [0, 0.05) is 12.2 Å². The summed E-state index contributed by atoms with van der Waals surface area (Å²) >= 11 is 0. The number of para-hydroxylation sites is 1. The summed E-state index contributed by atoms with van der Waals surface area (Å²) in [4.78, 5) is 0. The third-order valence-corrected chi connectivity index (χ3v) is 1.81. The van der Waals surface area contributed by atoms with Gasteiger partial charge in [0.1, 0.15) is 11.9 Å². The van der Waals surface area contributed by atoms with E-state index in [4.69, 9.17) is 9.47 Å². The highest BCUT2D eigenvalue weighted by molar-refractivity contribution is 5.40. The minimum atomic E-state index is -0.105. The second-order valence-electron chi connectivity index (χ2n) is 2.59. The molecule has 1 atom stereocenters. The van der Waals surface area contributed by atoms with Gasteiger partial charge in [-0.05, 0) is 13.0 Å². The molecule has 0 aliphatic carbocycles. The maximum atomic E-state index is 5.39. The van der Waals surface area contributed by atoms with Crippen LogP contribution in [0.1, 0.15) is 18.6 Å². The lowest BCUT2D eigenvalue weighted by Crippen LogP contribution is -2.00. The molecule has 0 N–H and O–H groups in total. The van der Waals surface area contributed by atoms with Crippen LogP contribution in [-0.2, 0) is 4.74 Å². The SMILES string of the molecule is CCOC1[C]Oc2ccccc21. The van der Waals surface area contributed by atoms with E-state index in [-0.39, 0.29) is 6.10 Å². The van der Waals surface area contributed by atoms with Crippen LogP contribution in [0, 0.1) is 6.61 Å². The standard InChI is InChI=1S/C10H10O2/c1-2-11-10-7-12-9-6-4-3-5-8(9)10/h3-6,10H,2H2,1H3. The molecule has 1 aliphatic heterocycles. The van der Waals surface area contributed by atoms with Crippen molar-refractivity contribution < 1.29 is 9.47 Å². The van der Waals surface area contributed by atoms with Crippen LogP contribution in [-0.4, -0.2) is 6.61 Å². The molecule has 0 aromatic heterocycles. The quantitative estimate of drug-likeness (QED) is 0.663. The van der Waals surface area contributed by atoms with Crippen molar-refractivity contribution in [3.63, 3.8) is 0 Å². The second kappa shape index (κ2) is 3.15. The lowest BCUT2D eigenvalue weighted by molar-refractivity contribution is 0.0731. The first-order valence-electron chi connectivity index (χ1n) is 4.04. The van der Waals surface area contributed by atoms with Crippen molar-refractivity contribution in [2.45, 2.75) is 13.0 Å². The molecule has 2 heteroatoms. The van der Waals surface area contributed by atoms with Gasteiger partial charge in [-0.15, -0.1) is 0 Å². The van der Waals surface area contributed by atoms with Gasteiger partial charge in [0.2, 0.25) is 6.61 Å². The zero-order valence-corrected chi connectivity index (χ0v) is 6.91. The summed E-state index contributed by atoms with van der Waals surface area (Å²) in [5.74, 6) is 0.857. The zero-order valence-electron chi connectivity index (χ0n) is 6.91. The first-order valence-corrected chi connectivity index (χ1v) is 4.04. The number of hydrogen-bond acceptors (Lipinski definition) is 2. The van der Waals surface area contributed by atoms with E-state index < -0.39 is 0 Å². The van der Waals surface area contributed by atoms with Gasteiger partial charge in [0.15, 0.2) is 0 Å². The van der Waals surface area contributed by atoms with E-state index in [1.807, 2.05) is 31.2 Å². The van der Waals surface area contributed by atoms with Crippen LogP contribution in [0.4, 0.5) is 0 Å². The minimum absolute atomic E-state index is 0.105. The van der Waals surface area contributed by atoms with Crippen molar-refractivity contribution >= 4 is 0 Å². The lowest BCUT2D eigenvalue weighted by Gasteiger charge is -2.05. The molecule has 1 unspecified atom stereocenters. The molecule has 0 amide bonds. The average molecular weight is 162 g/mol. The molecular weight excluding hydrogens is 152 g/mol. The topological polar surface area (TPSA) is 18.5 Å². The fraction of sp³-hybridized carbons (Fsp3) is 0.300. The third kappa shape index (κ3) is 1.18. The molecule has 0 saturated carbocycles. The molecule has 2 nitrogen and oxygen atoms in total. The van der Waals surface area contributed by atoms with Gasteiger partial charge in [-0.3, -0.25) is 0 Å². The number of ether oxygens (including phenoxy) is 2. The average Bonchev–Trinajstić information content (AvgIpc) is 2.50. The molecule has 62 valence electrons. The highest BCUT2D eigenvalue weighted by Gasteiger charge is 2.25. The summed E-state index contributed by atoms with van der Waals surface area (Å²) in [6, 6.07) is 7.83. The number of benzene rings is 1. The molecule has 1 aromatic rings. The van der Waals surface area contributed by atoms with Crippen LogP contribution < -0.4 is 4.74 Å². The number of hydrogen-bond donors (Lipinski definition) is 0. The maximum absolute atomic E-state index is 5.39. The maximum Gasteiger partial charge on any atom is 0.232 e. The van der Waals surface area contributed by atoms with E-state index in [1.165, 1.54) is 0 Å². The van der Waals surface area contributed by atoms with E-state index in [9.17, 15) is 0 Å². The van der Waals surface area contributed by atoms with Crippen molar-refractivity contribution in [3.8, 4) is 5.75 Å². The summed E-state index contributed by atoms with van der Waals surface area (Å²) in [5, 5.41) is 0. The van der Waals surface area contributed by atoms with Gasteiger partial charge in [-0.1, -0.05) is 18.2 Å². The van der Waals surface area contributed by atoms with Crippen molar-refractivity contribution in [3.05, 3.63) is 36.4 Å². The molecule has 12 heavy (non-hydrogen) atoms. The Kier molecular flexibility index (Phi) is 2.00. The van der Waals surface area contributed by atoms with Crippen LogP contribution in [0.2, 0.25) is 0 Å². The Labute approximate surface area is 72.1 Å². The normalized spacial score (nSPS) is 20.2. The molecule has 0 fully saturated rings. The molecule has 1 aromatic carbocycles. The number of fused-ring (bicyclic) bond motifs is 1. The molecule has 2 rings (SSSR count). The minimum Gasteiger partial charge on any atom is -0.475 e. The molecule has 2 radical (unpaired) electrons. The van der Waals surface area contributed by atoms with E-state index in [0.717, 1.165) is 11.3 Å². The van der Waals surface area contributed by atoms with E-state index >= 15 is 0 Å². The van der Waals surface area contributed by atoms with Gasteiger partial charge in [0.05, 0.1) is 0 Å². The Bertz CT molecular complexity index is 268. The summed E-state index contributed by atoms with van der Waals surface area (Å²) < 4.78 is 10.6. The molecular formula is C10H10O2. The van der Waals surface area contributed by atoms with E-state index in [1.54, 1.807) is 0 Å². The zero-order chi connectivity index (χ0) is 8.39. The van der Waals surface area contributed by atoms with E-state index in [2.05, 4.69) is 6.61 Å². The Morgan fingerprint density at radius 3 is 3.17 bits per heavy atom. The summed E-state index contributed by atoms with van der Waals surface area (Å²) in [6.07, 6.45) is -0.105. The number of rotatable bonds is 2. The highest BCUT2D eigenvalue weighted by atomic mass is 16.5. The van der Waals surface area contributed by atoms with E-state index in [0.29, 0.717) is 6.61 Å². The van der Waals surface area contributed by atoms with Gasteiger partial charge < -0.3 is 9.47 Å². The summed E-state index contributed by atoms with van der Waals surface area (Å²) in [5.41, 5.74) is 1.07. The largest absolute Gasteiger partial charge is 0.475 e. The Morgan fingerprint density at radius 1 is 1.50 bits per heavy atom. The van der Waals surface area contributed by atoms with Crippen LogP contribution in [0.15, 0.2) is 24.3 Å². The Morgan fingerprint density at radius 2 is 2.33 bits per heavy atom. The molecule has 1 aliphatic rings. The van der Waals surface area contributed by atoms with Crippen molar-refractivity contribution in [2.75, 3.05) is 6.61 Å². The van der Waals surface area contributed by atoms with Gasteiger partial charge in [0.25, 0.3) is 0 Å². The van der Waals surface area contributed by atoms with Crippen LogP contribution in [0.3, 0.4) is 0 Å². The first-order chi connectivity index (χ1) is 5.92. The van der Waals surface area contributed by atoms with Crippen LogP contribution >= 0.6 is 0 Å². The molecule has 1 heterocycles. The summed E-state index contributed by atoms with van der Waals surface area (Å²) in [6.45, 7) is 5.44. The van der Waals surface area contributed by atoms with Gasteiger partial charge in [-0.25, -0.2) is 0 Å². The van der Waals surface area contributed by atoms with Crippen molar-refractivity contribution in [1.29, 1.82) is 0 Å². The molecule has 0 spiro atoms. The predicted octanol–water partition coefficient (Wildman–Crippen LogP) is 2.20. The van der Waals surface area contributed by atoms with Gasteiger partial charge >= 0.3 is 0 Å². The summed E-state index contributed by atoms with van der Waals surface area (Å²) in [7, 11) is 0. The van der Waals surface area contributed by atoms with Crippen LogP contribution in [0.25, 0.3) is 0 Å². The smallest absolute Gasteiger partial charge is 0.232 e. The highest BCUT2D eigenvalue weighted by Crippen LogP contribution is 2.36. The monoisotopic (exact) mass is 162 g/mol. The molecule has 0 saturated heterocycles. The Balaban J connectivity index is 2.24. The van der Waals surface area contributed by atoms with Gasteiger partial charge in [-0.2, -0.15) is 0 Å². The Hall–Kier alpha value is -1.02. The van der Waals surface area contributed by atoms with Crippen molar-refractivity contribution in [1.82, 2.24) is 0 Å². The second-order valence-corrected chi connectivity index (χ2v) is 2.59.